The second kappa shape index (κ2) is 9.68. The number of methoxy groups -OCH3 is 1. The molecule has 0 bridgehead atoms. The fraction of sp³-hybridized carbons (Fsp3) is 0.0968. The van der Waals surface area contributed by atoms with Gasteiger partial charge >= 0.3 is 0 Å². The maximum absolute atomic E-state index is 14.1. The number of nitrogens with zero attached hydrogens (tertiary/aromatic N) is 4. The smallest absolute Gasteiger partial charge is 0.296 e. The zero-order valence-corrected chi connectivity index (χ0v) is 22.1. The van der Waals surface area contributed by atoms with Crippen LogP contribution in [0.2, 0.25) is 0 Å². The molecule has 188 valence electrons. The first-order chi connectivity index (χ1) is 18.5. The van der Waals surface area contributed by atoms with Gasteiger partial charge in [0.05, 0.1) is 29.9 Å². The molecule has 0 saturated carbocycles. The van der Waals surface area contributed by atoms with Crippen LogP contribution in [-0.4, -0.2) is 21.0 Å². The predicted molar refractivity (Wildman–Crippen MR) is 154 cm³/mol. The van der Waals surface area contributed by atoms with Crippen LogP contribution < -0.4 is 15.1 Å². The van der Waals surface area contributed by atoms with E-state index in [1.54, 1.807) is 11.8 Å². The van der Waals surface area contributed by atoms with Gasteiger partial charge in [-0.2, -0.15) is 0 Å². The fourth-order valence-corrected chi connectivity index (χ4v) is 5.65. The van der Waals surface area contributed by atoms with Gasteiger partial charge in [-0.1, -0.05) is 54.6 Å². The molecule has 0 aliphatic rings. The fourth-order valence-electron chi connectivity index (χ4n) is 4.73. The van der Waals surface area contributed by atoms with Gasteiger partial charge in [-0.25, -0.2) is 9.67 Å². The molecule has 0 aliphatic heterocycles. The van der Waals surface area contributed by atoms with Crippen LogP contribution in [0.15, 0.2) is 112 Å². The lowest BCUT2D eigenvalue weighted by Crippen LogP contribution is -2.24. The molecule has 2 aromatic heterocycles. The molecule has 0 spiro atoms. The van der Waals surface area contributed by atoms with Crippen LogP contribution >= 0.6 is 11.3 Å². The van der Waals surface area contributed by atoms with Gasteiger partial charge in [0.2, 0.25) is 0 Å². The molecule has 0 atom stereocenters. The molecule has 7 heteroatoms. The van der Waals surface area contributed by atoms with Crippen molar-refractivity contribution in [2.75, 3.05) is 7.11 Å². The third kappa shape index (κ3) is 4.07. The van der Waals surface area contributed by atoms with E-state index in [1.165, 1.54) is 16.7 Å². The summed E-state index contributed by atoms with van der Waals surface area (Å²) in [5, 5.41) is 4.39. The number of benzene rings is 4. The monoisotopic (exact) mass is 518 g/mol. The Bertz CT molecular complexity index is 1890. The molecule has 6 nitrogen and oxygen atoms in total. The summed E-state index contributed by atoms with van der Waals surface area (Å²) in [5.41, 5.74) is 4.84. The standard InChI is InChI=1S/C31H26N4O2S/c1-21-29(30(36)35(33(21)2)26-11-5-4-6-12-26)34-28(24-14-13-22-9-7-8-10-23(22)19-24)20-38-31(34)32-25-15-17-27(37-3)18-16-25/h4-20H,1-3H3. The molecule has 6 rings (SSSR count). The molecule has 0 fully saturated rings. The van der Waals surface area contributed by atoms with E-state index in [9.17, 15) is 4.79 Å². The summed E-state index contributed by atoms with van der Waals surface area (Å²) in [6.07, 6.45) is 0. The number of fused-ring (bicyclic) bond motifs is 1. The normalized spacial score (nSPS) is 11.8. The van der Waals surface area contributed by atoms with Crippen LogP contribution in [0.25, 0.3) is 33.4 Å². The zero-order valence-electron chi connectivity index (χ0n) is 21.3. The Morgan fingerprint density at radius 1 is 0.842 bits per heavy atom. The summed E-state index contributed by atoms with van der Waals surface area (Å²) in [6, 6.07) is 32.0. The van der Waals surface area contributed by atoms with E-state index < -0.39 is 0 Å². The number of rotatable bonds is 5. The van der Waals surface area contributed by atoms with Crippen LogP contribution in [0.5, 0.6) is 5.75 Å². The SMILES string of the molecule is COc1ccc(N=c2scc(-c3ccc4ccccc4c3)n2-c2c(C)n(C)n(-c3ccccc3)c2=O)cc1. The first-order valence-electron chi connectivity index (χ1n) is 12.3. The van der Waals surface area contributed by atoms with E-state index in [-0.39, 0.29) is 5.56 Å². The van der Waals surface area contributed by atoms with E-state index in [4.69, 9.17) is 9.73 Å². The molecule has 0 radical (unpaired) electrons. The highest BCUT2D eigenvalue weighted by Gasteiger charge is 2.22. The maximum Gasteiger partial charge on any atom is 0.296 e. The van der Waals surface area contributed by atoms with Gasteiger partial charge in [0.15, 0.2) is 4.80 Å². The number of ether oxygens (including phenoxy) is 1. The lowest BCUT2D eigenvalue weighted by molar-refractivity contribution is 0.415. The highest BCUT2D eigenvalue weighted by atomic mass is 32.1. The van der Waals surface area contributed by atoms with Gasteiger partial charge in [-0.05, 0) is 60.2 Å². The van der Waals surface area contributed by atoms with E-state index >= 15 is 0 Å². The molecule has 0 saturated heterocycles. The number of hydrogen-bond acceptors (Lipinski definition) is 4. The third-order valence-electron chi connectivity index (χ3n) is 6.80. The van der Waals surface area contributed by atoms with Crippen molar-refractivity contribution >= 4 is 27.8 Å². The minimum Gasteiger partial charge on any atom is -0.497 e. The van der Waals surface area contributed by atoms with Crippen molar-refractivity contribution in [3.05, 3.63) is 123 Å². The summed E-state index contributed by atoms with van der Waals surface area (Å²) >= 11 is 1.51. The van der Waals surface area contributed by atoms with E-state index in [2.05, 4.69) is 35.7 Å². The van der Waals surface area contributed by atoms with Crippen LogP contribution in [-0.2, 0) is 7.05 Å². The summed E-state index contributed by atoms with van der Waals surface area (Å²) in [4.78, 5) is 19.7. The minimum absolute atomic E-state index is 0.104. The van der Waals surface area contributed by atoms with Gasteiger partial charge in [-0.3, -0.25) is 14.0 Å². The van der Waals surface area contributed by atoms with Gasteiger partial charge in [0, 0.05) is 18.0 Å². The number of hydrogen-bond donors (Lipinski definition) is 0. The van der Waals surface area contributed by atoms with Crippen molar-refractivity contribution in [1.82, 2.24) is 13.9 Å². The highest BCUT2D eigenvalue weighted by molar-refractivity contribution is 7.07. The lowest BCUT2D eigenvalue weighted by atomic mass is 10.1. The maximum atomic E-state index is 14.1. The number of thiazole rings is 1. The lowest BCUT2D eigenvalue weighted by Gasteiger charge is -2.09. The Hall–Kier alpha value is -4.62. The highest BCUT2D eigenvalue weighted by Crippen LogP contribution is 2.28. The van der Waals surface area contributed by atoms with Crippen LogP contribution in [0, 0.1) is 6.92 Å². The predicted octanol–water partition coefficient (Wildman–Crippen LogP) is 6.40. The second-order valence-electron chi connectivity index (χ2n) is 9.02. The number of aromatic nitrogens is 3. The van der Waals surface area contributed by atoms with Gasteiger partial charge < -0.3 is 4.74 Å². The van der Waals surface area contributed by atoms with Crippen LogP contribution in [0.1, 0.15) is 5.69 Å². The van der Waals surface area contributed by atoms with Crippen molar-refractivity contribution < 1.29 is 4.74 Å². The Morgan fingerprint density at radius 2 is 1.55 bits per heavy atom. The summed E-state index contributed by atoms with van der Waals surface area (Å²) in [7, 11) is 3.56. The molecular weight excluding hydrogens is 492 g/mol. The summed E-state index contributed by atoms with van der Waals surface area (Å²) in [6.45, 7) is 1.97. The van der Waals surface area contributed by atoms with E-state index in [0.29, 0.717) is 10.5 Å². The average molecular weight is 519 g/mol. The molecule has 0 amide bonds. The topological polar surface area (TPSA) is 53.4 Å². The molecule has 6 aromatic rings. The second-order valence-corrected chi connectivity index (χ2v) is 9.86. The van der Waals surface area contributed by atoms with E-state index in [1.807, 2.05) is 90.0 Å². The van der Waals surface area contributed by atoms with Crippen molar-refractivity contribution in [2.24, 2.45) is 12.0 Å². The van der Waals surface area contributed by atoms with E-state index in [0.717, 1.165) is 39.5 Å². The summed E-state index contributed by atoms with van der Waals surface area (Å²) in [5.74, 6) is 0.768. The Balaban J connectivity index is 1.63. The van der Waals surface area contributed by atoms with Crippen molar-refractivity contribution in [1.29, 1.82) is 0 Å². The van der Waals surface area contributed by atoms with Gasteiger partial charge in [0.25, 0.3) is 5.56 Å². The first kappa shape index (κ1) is 23.8. The quantitative estimate of drug-likeness (QED) is 0.265. The molecule has 0 aliphatic carbocycles. The average Bonchev–Trinajstić information content (AvgIpc) is 3.45. The van der Waals surface area contributed by atoms with Crippen molar-refractivity contribution in [3.8, 4) is 28.4 Å². The molecule has 2 heterocycles. The molecule has 4 aromatic carbocycles. The Morgan fingerprint density at radius 3 is 2.29 bits per heavy atom. The van der Waals surface area contributed by atoms with Crippen molar-refractivity contribution in [2.45, 2.75) is 6.92 Å². The molecule has 38 heavy (non-hydrogen) atoms. The largest absolute Gasteiger partial charge is 0.497 e. The Labute approximate surface area is 223 Å². The third-order valence-corrected chi connectivity index (χ3v) is 7.62. The Kier molecular flexibility index (Phi) is 6.05. The first-order valence-corrected chi connectivity index (χ1v) is 13.2. The zero-order chi connectivity index (χ0) is 26.2. The van der Waals surface area contributed by atoms with Gasteiger partial charge in [0.1, 0.15) is 11.4 Å². The summed E-state index contributed by atoms with van der Waals surface area (Å²) < 4.78 is 10.9. The van der Waals surface area contributed by atoms with Crippen LogP contribution in [0.3, 0.4) is 0 Å². The van der Waals surface area contributed by atoms with Crippen molar-refractivity contribution in [3.63, 3.8) is 0 Å². The van der Waals surface area contributed by atoms with Gasteiger partial charge in [-0.15, -0.1) is 11.3 Å². The number of para-hydroxylation sites is 1. The minimum atomic E-state index is -0.104. The molecule has 0 N–H and O–H groups in total. The molecular formula is C31H26N4O2S. The van der Waals surface area contributed by atoms with Crippen LogP contribution in [0.4, 0.5) is 5.69 Å². The molecule has 0 unspecified atom stereocenters.